The third kappa shape index (κ3) is 4.42. The zero-order valence-corrected chi connectivity index (χ0v) is 10.3. The Morgan fingerprint density at radius 3 is 2.40 bits per heavy atom. The second-order valence-corrected chi connectivity index (χ2v) is 3.53. The molecule has 1 atom stereocenters. The van der Waals surface area contributed by atoms with Gasteiger partial charge in [0.1, 0.15) is 0 Å². The van der Waals surface area contributed by atoms with Crippen LogP contribution in [0.25, 0.3) is 0 Å². The second kappa shape index (κ2) is 7.40. The minimum atomic E-state index is -1.67. The van der Waals surface area contributed by atoms with Crippen LogP contribution in [0.5, 0.6) is 0 Å². The van der Waals surface area contributed by atoms with E-state index in [1.54, 1.807) is 4.93 Å². The Kier molecular flexibility index (Phi) is 6.96. The Morgan fingerprint density at radius 2 is 2.00 bits per heavy atom. The molecular formula is C7H11INO6-. The fraction of sp³-hybridized carbons (Fsp3) is 0.571. The Labute approximate surface area is 96.9 Å². The molecule has 0 saturated carbocycles. The van der Waals surface area contributed by atoms with Crippen LogP contribution in [-0.4, -0.2) is 41.7 Å². The zero-order chi connectivity index (χ0) is 11.8. The number of carbonyl (C=O) groups excluding carboxylic acids is 3. The first kappa shape index (κ1) is 14.1. The van der Waals surface area contributed by atoms with Gasteiger partial charge in [0.15, 0.2) is 0 Å². The van der Waals surface area contributed by atoms with Crippen LogP contribution in [0.2, 0.25) is 0 Å². The average molecular weight is 332 g/mol. The number of alkyl halides is 1. The summed E-state index contributed by atoms with van der Waals surface area (Å²) in [6.07, 6.45) is 0. The minimum absolute atomic E-state index is 0.666. The van der Waals surface area contributed by atoms with Crippen molar-refractivity contribution in [2.24, 2.45) is 5.92 Å². The standard InChI is InChI=1S/C7H11INO6/c1-8-15-7(13)4(6(12)14-2)5(11)9-3-10/h4,10H,3H2,1-2H3,(H,9,11)/q-1. The van der Waals surface area contributed by atoms with Gasteiger partial charge in [0.05, 0.1) is 0 Å². The van der Waals surface area contributed by atoms with Crippen LogP contribution in [-0.2, 0) is 22.2 Å². The quantitative estimate of drug-likeness (QED) is 0.172. The number of hydrogen-bond donors (Lipinski definition) is 2. The van der Waals surface area contributed by atoms with Crippen molar-refractivity contribution >= 4 is 17.8 Å². The Morgan fingerprint density at radius 1 is 1.40 bits per heavy atom. The van der Waals surface area contributed by atoms with Gasteiger partial charge in [0.25, 0.3) is 0 Å². The summed E-state index contributed by atoms with van der Waals surface area (Å²) in [4.78, 5) is 35.2. The summed E-state index contributed by atoms with van der Waals surface area (Å²) in [7, 11) is 1.05. The third-order valence-electron chi connectivity index (χ3n) is 1.34. The molecule has 0 aromatic heterocycles. The van der Waals surface area contributed by atoms with Crippen LogP contribution in [0.3, 0.4) is 0 Å². The Hall–Kier alpha value is -0.900. The molecule has 0 heterocycles. The van der Waals surface area contributed by atoms with Crippen molar-refractivity contribution < 1.29 is 48.9 Å². The van der Waals surface area contributed by atoms with Gasteiger partial charge in [0, 0.05) is 0 Å². The van der Waals surface area contributed by atoms with Crippen molar-refractivity contribution in [3.8, 4) is 0 Å². The van der Waals surface area contributed by atoms with Gasteiger partial charge in [-0.3, -0.25) is 0 Å². The first-order valence-electron chi connectivity index (χ1n) is 3.75. The molecule has 7 nitrogen and oxygen atoms in total. The molecule has 0 rings (SSSR count). The van der Waals surface area contributed by atoms with Crippen LogP contribution in [0.15, 0.2) is 0 Å². The summed E-state index contributed by atoms with van der Waals surface area (Å²) in [5, 5.41) is 10.3. The van der Waals surface area contributed by atoms with E-state index in [9.17, 15) is 14.4 Å². The van der Waals surface area contributed by atoms with Crippen molar-refractivity contribution in [1.29, 1.82) is 0 Å². The molecule has 2 N–H and O–H groups in total. The number of carbonyl (C=O) groups is 3. The summed E-state index contributed by atoms with van der Waals surface area (Å²) in [6, 6.07) is 0. The maximum absolute atomic E-state index is 11.2. The van der Waals surface area contributed by atoms with E-state index in [0.717, 1.165) is 7.11 Å². The number of amides is 1. The van der Waals surface area contributed by atoms with Gasteiger partial charge in [-0.25, -0.2) is 0 Å². The second-order valence-electron chi connectivity index (χ2n) is 2.21. The Balaban J connectivity index is 4.64. The Bertz CT molecular complexity index is 238. The van der Waals surface area contributed by atoms with Gasteiger partial charge < -0.3 is 0 Å². The number of nitrogens with one attached hydrogen (secondary N) is 1. The molecule has 0 aliphatic heterocycles. The number of methoxy groups -OCH3 is 1. The molecule has 0 aliphatic carbocycles. The zero-order valence-electron chi connectivity index (χ0n) is 8.15. The monoisotopic (exact) mass is 332 g/mol. The van der Waals surface area contributed by atoms with Crippen LogP contribution in [0.4, 0.5) is 0 Å². The van der Waals surface area contributed by atoms with Gasteiger partial charge in [-0.1, -0.05) is 0 Å². The van der Waals surface area contributed by atoms with E-state index in [1.165, 1.54) is 0 Å². The molecular weight excluding hydrogens is 321 g/mol. The molecule has 8 heteroatoms. The van der Waals surface area contributed by atoms with Crippen molar-refractivity contribution in [2.45, 2.75) is 0 Å². The van der Waals surface area contributed by atoms with E-state index >= 15 is 0 Å². The molecule has 0 aliphatic rings. The molecule has 0 radical (unpaired) electrons. The molecule has 1 amide bonds. The molecule has 0 aromatic carbocycles. The predicted octanol–water partition coefficient (Wildman–Crippen LogP) is -4.98. The third-order valence-corrected chi connectivity index (χ3v) is 2.22. The molecule has 0 aromatic rings. The molecule has 0 bridgehead atoms. The predicted molar refractivity (Wildman–Crippen MR) is 42.8 cm³/mol. The van der Waals surface area contributed by atoms with Crippen LogP contribution >= 0.6 is 0 Å². The number of esters is 1. The fourth-order valence-corrected chi connectivity index (χ4v) is 1.42. The van der Waals surface area contributed by atoms with Crippen molar-refractivity contribution in [3.63, 3.8) is 0 Å². The van der Waals surface area contributed by atoms with Gasteiger partial charge in [-0.15, -0.1) is 0 Å². The van der Waals surface area contributed by atoms with Crippen molar-refractivity contribution in [3.05, 3.63) is 0 Å². The fourth-order valence-electron chi connectivity index (χ4n) is 0.729. The van der Waals surface area contributed by atoms with Crippen LogP contribution < -0.4 is 26.9 Å². The topological polar surface area (TPSA) is 102 Å². The molecule has 15 heavy (non-hydrogen) atoms. The molecule has 0 saturated heterocycles. The molecule has 0 fully saturated rings. The number of halogens is 1. The normalized spacial score (nSPS) is 11.7. The van der Waals surface area contributed by atoms with Gasteiger partial charge in [-0.2, -0.15) is 0 Å². The number of ether oxygens (including phenoxy) is 1. The summed E-state index contributed by atoms with van der Waals surface area (Å²) >= 11 is -0.832. The maximum atomic E-state index is 11.2. The van der Waals surface area contributed by atoms with Gasteiger partial charge in [-0.05, 0) is 0 Å². The van der Waals surface area contributed by atoms with E-state index in [1.807, 2.05) is 5.32 Å². The van der Waals surface area contributed by atoms with E-state index < -0.39 is 52.1 Å². The van der Waals surface area contributed by atoms with E-state index in [-0.39, 0.29) is 0 Å². The SMILES string of the molecule is COC(=O)C(C(=O)NCO)C(=O)O[I-]C. The van der Waals surface area contributed by atoms with E-state index in [4.69, 9.17) is 5.11 Å². The van der Waals surface area contributed by atoms with Crippen LogP contribution in [0.1, 0.15) is 0 Å². The van der Waals surface area contributed by atoms with Gasteiger partial charge in [0.2, 0.25) is 0 Å². The van der Waals surface area contributed by atoms with Gasteiger partial charge >= 0.3 is 96.8 Å². The first-order chi connectivity index (χ1) is 7.08. The molecule has 88 valence electrons. The summed E-state index contributed by atoms with van der Waals surface area (Å²) < 4.78 is 8.90. The number of hydrogen-bond acceptors (Lipinski definition) is 6. The van der Waals surface area contributed by atoms with Crippen molar-refractivity contribution in [1.82, 2.24) is 5.32 Å². The summed E-state index contributed by atoms with van der Waals surface area (Å²) in [5.74, 6) is -4.57. The number of aliphatic hydroxyl groups excluding tert-OH is 1. The summed E-state index contributed by atoms with van der Waals surface area (Å²) in [6.45, 7) is -0.666. The molecule has 0 spiro atoms. The number of rotatable bonds is 5. The van der Waals surface area contributed by atoms with E-state index in [2.05, 4.69) is 7.80 Å². The first-order valence-corrected chi connectivity index (χ1v) is 6.79. The molecule has 1 unspecified atom stereocenters. The van der Waals surface area contributed by atoms with Crippen molar-refractivity contribution in [2.75, 3.05) is 18.8 Å². The average Bonchev–Trinajstić information content (AvgIpc) is 2.18. The van der Waals surface area contributed by atoms with E-state index in [0.29, 0.717) is 0 Å². The number of aliphatic hydroxyl groups is 1. The summed E-state index contributed by atoms with van der Waals surface area (Å²) in [5.41, 5.74) is 0. The van der Waals surface area contributed by atoms with Crippen LogP contribution in [0, 0.1) is 5.92 Å².